The maximum atomic E-state index is 12.1. The minimum Gasteiger partial charge on any atom is -0.491 e. The molecule has 17 heavy (non-hydrogen) atoms. The van der Waals surface area contributed by atoms with E-state index >= 15 is 0 Å². The lowest BCUT2D eigenvalue weighted by Crippen LogP contribution is -2.33. The molecule has 0 aliphatic carbocycles. The maximum Gasteiger partial charge on any atom is 0.236 e. The lowest BCUT2D eigenvalue weighted by Gasteiger charge is -2.16. The van der Waals surface area contributed by atoms with E-state index < -0.39 is 5.41 Å². The summed E-state index contributed by atoms with van der Waals surface area (Å²) in [6.07, 6.45) is 0. The van der Waals surface area contributed by atoms with Crippen LogP contribution in [0, 0.1) is 0 Å². The smallest absolute Gasteiger partial charge is 0.236 e. The Balaban J connectivity index is 2.40. The highest BCUT2D eigenvalue weighted by Gasteiger charge is 2.42. The van der Waals surface area contributed by atoms with E-state index in [0.717, 1.165) is 11.3 Å². The Kier molecular flexibility index (Phi) is 2.83. The van der Waals surface area contributed by atoms with E-state index in [0.29, 0.717) is 5.75 Å². The third-order valence-corrected chi connectivity index (χ3v) is 3.20. The molecule has 0 unspecified atom stereocenters. The summed E-state index contributed by atoms with van der Waals surface area (Å²) < 4.78 is 5.36. The van der Waals surface area contributed by atoms with Crippen molar-refractivity contribution < 1.29 is 14.6 Å². The summed E-state index contributed by atoms with van der Waals surface area (Å²) in [7, 11) is 1.78. The number of amides is 1. The van der Waals surface area contributed by atoms with Crippen molar-refractivity contribution in [1.29, 1.82) is 0 Å². The van der Waals surface area contributed by atoms with Crippen LogP contribution < -0.4 is 9.64 Å². The number of rotatable bonds is 3. The number of aliphatic hydroxyl groups is 1. The molecule has 0 radical (unpaired) electrons. The Bertz CT molecular complexity index is 454. The van der Waals surface area contributed by atoms with Gasteiger partial charge in [0.15, 0.2) is 0 Å². The van der Waals surface area contributed by atoms with E-state index in [1.807, 2.05) is 32.0 Å². The van der Waals surface area contributed by atoms with Crippen LogP contribution in [0.1, 0.15) is 19.4 Å². The molecule has 1 aliphatic rings. The van der Waals surface area contributed by atoms with Gasteiger partial charge in [-0.05, 0) is 37.6 Å². The molecule has 92 valence electrons. The van der Waals surface area contributed by atoms with Crippen molar-refractivity contribution in [3.8, 4) is 5.75 Å². The molecular formula is C13H17NO3. The predicted molar refractivity (Wildman–Crippen MR) is 65.5 cm³/mol. The van der Waals surface area contributed by atoms with Crippen molar-refractivity contribution in [2.45, 2.75) is 19.3 Å². The second kappa shape index (κ2) is 4.04. The standard InChI is InChI=1S/C13H17NO3/c1-13(2)10-8-9(17-7-6-15)4-5-11(10)14(3)12(13)16/h4-5,8,15H,6-7H2,1-3H3. The number of benzene rings is 1. The zero-order valence-electron chi connectivity index (χ0n) is 10.4. The molecule has 4 heteroatoms. The lowest BCUT2D eigenvalue weighted by molar-refractivity contribution is -0.121. The molecule has 1 heterocycles. The van der Waals surface area contributed by atoms with Crippen LogP contribution >= 0.6 is 0 Å². The van der Waals surface area contributed by atoms with E-state index in [4.69, 9.17) is 9.84 Å². The van der Waals surface area contributed by atoms with Crippen molar-refractivity contribution in [3.63, 3.8) is 0 Å². The Morgan fingerprint density at radius 1 is 1.41 bits per heavy atom. The molecule has 1 aliphatic heterocycles. The third kappa shape index (κ3) is 1.78. The maximum absolute atomic E-state index is 12.1. The van der Waals surface area contributed by atoms with Gasteiger partial charge < -0.3 is 14.7 Å². The lowest BCUT2D eigenvalue weighted by atomic mass is 9.86. The number of nitrogens with zero attached hydrogens (tertiary/aromatic N) is 1. The summed E-state index contributed by atoms with van der Waals surface area (Å²) in [4.78, 5) is 13.7. The molecule has 1 amide bonds. The summed E-state index contributed by atoms with van der Waals surface area (Å²) >= 11 is 0. The molecule has 2 rings (SSSR count). The van der Waals surface area contributed by atoms with Gasteiger partial charge in [0, 0.05) is 12.7 Å². The number of anilines is 1. The van der Waals surface area contributed by atoms with Gasteiger partial charge in [0.2, 0.25) is 5.91 Å². The molecule has 0 fully saturated rings. The van der Waals surface area contributed by atoms with Gasteiger partial charge in [-0.1, -0.05) is 0 Å². The third-order valence-electron chi connectivity index (χ3n) is 3.20. The molecule has 0 bridgehead atoms. The van der Waals surface area contributed by atoms with E-state index in [-0.39, 0.29) is 19.1 Å². The highest BCUT2D eigenvalue weighted by atomic mass is 16.5. The van der Waals surface area contributed by atoms with Gasteiger partial charge in [0.1, 0.15) is 12.4 Å². The average Bonchev–Trinajstić information content (AvgIpc) is 2.49. The van der Waals surface area contributed by atoms with Gasteiger partial charge in [-0.2, -0.15) is 0 Å². The van der Waals surface area contributed by atoms with E-state index in [9.17, 15) is 4.79 Å². The number of likely N-dealkylation sites (N-methyl/N-ethyl adjacent to an activating group) is 1. The first-order chi connectivity index (χ1) is 7.98. The van der Waals surface area contributed by atoms with Crippen LogP contribution in [0.15, 0.2) is 18.2 Å². The highest BCUT2D eigenvalue weighted by molar-refractivity contribution is 6.07. The predicted octanol–water partition coefficient (Wildman–Crippen LogP) is 1.31. The van der Waals surface area contributed by atoms with Crippen LogP contribution in [0.25, 0.3) is 0 Å². The number of carbonyl (C=O) groups is 1. The first-order valence-electron chi connectivity index (χ1n) is 5.65. The second-order valence-corrected chi connectivity index (χ2v) is 4.74. The number of ether oxygens (including phenoxy) is 1. The Morgan fingerprint density at radius 3 is 2.76 bits per heavy atom. The molecule has 0 spiro atoms. The minimum absolute atomic E-state index is 0.0146. The fraction of sp³-hybridized carbons (Fsp3) is 0.462. The molecule has 1 N–H and O–H groups in total. The number of fused-ring (bicyclic) bond motifs is 1. The van der Waals surface area contributed by atoms with Crippen molar-refractivity contribution >= 4 is 11.6 Å². The van der Waals surface area contributed by atoms with Gasteiger partial charge in [0.25, 0.3) is 0 Å². The average molecular weight is 235 g/mol. The van der Waals surface area contributed by atoms with Gasteiger partial charge in [-0.15, -0.1) is 0 Å². The topological polar surface area (TPSA) is 49.8 Å². The molecule has 0 saturated heterocycles. The largest absolute Gasteiger partial charge is 0.491 e. The van der Waals surface area contributed by atoms with Crippen molar-refractivity contribution in [1.82, 2.24) is 0 Å². The van der Waals surface area contributed by atoms with E-state index in [2.05, 4.69) is 0 Å². The molecule has 1 aromatic carbocycles. The fourth-order valence-corrected chi connectivity index (χ4v) is 2.21. The zero-order valence-corrected chi connectivity index (χ0v) is 10.4. The van der Waals surface area contributed by atoms with Crippen LogP contribution in [-0.4, -0.2) is 31.3 Å². The Hall–Kier alpha value is -1.55. The number of aliphatic hydroxyl groups excluding tert-OH is 1. The van der Waals surface area contributed by atoms with Gasteiger partial charge in [-0.3, -0.25) is 4.79 Å². The number of hydrogen-bond acceptors (Lipinski definition) is 3. The summed E-state index contributed by atoms with van der Waals surface area (Å²) in [6, 6.07) is 5.58. The SMILES string of the molecule is CN1C(=O)C(C)(C)c2cc(OCCO)ccc21. The van der Waals surface area contributed by atoms with E-state index in [1.165, 1.54) is 0 Å². The summed E-state index contributed by atoms with van der Waals surface area (Å²) in [6.45, 7) is 4.07. The number of hydrogen-bond donors (Lipinski definition) is 1. The van der Waals surface area contributed by atoms with Crippen LogP contribution in [0.4, 0.5) is 5.69 Å². The highest BCUT2D eigenvalue weighted by Crippen LogP contribution is 2.42. The quantitative estimate of drug-likeness (QED) is 0.859. The molecule has 4 nitrogen and oxygen atoms in total. The molecule has 0 saturated carbocycles. The molecule has 1 aromatic rings. The molecule has 0 aromatic heterocycles. The van der Waals surface area contributed by atoms with E-state index in [1.54, 1.807) is 11.9 Å². The summed E-state index contributed by atoms with van der Waals surface area (Å²) in [5.74, 6) is 0.779. The van der Waals surface area contributed by atoms with Crippen molar-refractivity contribution in [2.75, 3.05) is 25.2 Å². The first-order valence-corrected chi connectivity index (χ1v) is 5.65. The van der Waals surface area contributed by atoms with Gasteiger partial charge >= 0.3 is 0 Å². The van der Waals surface area contributed by atoms with Gasteiger partial charge in [0.05, 0.1) is 12.0 Å². The summed E-state index contributed by atoms with van der Waals surface area (Å²) in [5, 5.41) is 8.72. The minimum atomic E-state index is -0.511. The normalized spacial score (nSPS) is 17.2. The van der Waals surface area contributed by atoms with Crippen molar-refractivity contribution in [2.24, 2.45) is 0 Å². The monoisotopic (exact) mass is 235 g/mol. The second-order valence-electron chi connectivity index (χ2n) is 4.74. The Morgan fingerprint density at radius 2 is 2.12 bits per heavy atom. The van der Waals surface area contributed by atoms with Crippen LogP contribution in [0.3, 0.4) is 0 Å². The number of carbonyl (C=O) groups excluding carboxylic acids is 1. The zero-order chi connectivity index (χ0) is 12.6. The van der Waals surface area contributed by atoms with Crippen molar-refractivity contribution in [3.05, 3.63) is 23.8 Å². The van der Waals surface area contributed by atoms with Crippen LogP contribution in [-0.2, 0) is 10.2 Å². The molecular weight excluding hydrogens is 218 g/mol. The first kappa shape index (κ1) is 11.9. The Labute approximate surface area is 101 Å². The van der Waals surface area contributed by atoms with Crippen LogP contribution in [0.5, 0.6) is 5.75 Å². The fourth-order valence-electron chi connectivity index (χ4n) is 2.21. The van der Waals surface area contributed by atoms with Crippen LogP contribution in [0.2, 0.25) is 0 Å². The molecule has 0 atom stereocenters. The summed E-state index contributed by atoms with van der Waals surface area (Å²) in [5.41, 5.74) is 1.39. The van der Waals surface area contributed by atoms with Gasteiger partial charge in [-0.25, -0.2) is 0 Å².